The second-order valence-electron chi connectivity index (χ2n) is 4.91. The van der Waals surface area contributed by atoms with Crippen LogP contribution >= 0.6 is 0 Å². The van der Waals surface area contributed by atoms with Gasteiger partial charge in [0.05, 0.1) is 28.1 Å². The van der Waals surface area contributed by atoms with Gasteiger partial charge in [0, 0.05) is 25.8 Å². The zero-order valence-corrected chi connectivity index (χ0v) is 13.1. The maximum atomic E-state index is 12.3. The van der Waals surface area contributed by atoms with Crippen molar-refractivity contribution in [3.63, 3.8) is 0 Å². The molecule has 1 aliphatic carbocycles. The predicted molar refractivity (Wildman–Crippen MR) is 78.0 cm³/mol. The summed E-state index contributed by atoms with van der Waals surface area (Å²) in [4.78, 5) is 9.98. The Kier molecular flexibility index (Phi) is 5.12. The van der Waals surface area contributed by atoms with Gasteiger partial charge < -0.3 is 9.47 Å². The minimum atomic E-state index is -3.75. The number of rotatable bonds is 7. The third-order valence-corrected chi connectivity index (χ3v) is 5.07. The molecule has 2 rings (SSSR count). The molecule has 0 amide bonds. The lowest BCUT2D eigenvalue weighted by molar-refractivity contribution is -0.384. The normalized spacial score (nSPS) is 24.7. The van der Waals surface area contributed by atoms with E-state index >= 15 is 0 Å². The van der Waals surface area contributed by atoms with E-state index < -0.39 is 14.9 Å². The van der Waals surface area contributed by atoms with Crippen LogP contribution in [0.4, 0.5) is 5.69 Å². The van der Waals surface area contributed by atoms with Crippen LogP contribution in [0, 0.1) is 10.1 Å². The Morgan fingerprint density at radius 1 is 1.36 bits per heavy atom. The summed E-state index contributed by atoms with van der Waals surface area (Å²) in [6, 6.07) is 4.36. The Balaban J connectivity index is 2.07. The highest BCUT2D eigenvalue weighted by atomic mass is 32.2. The first-order valence-electron chi connectivity index (χ1n) is 6.80. The lowest BCUT2D eigenvalue weighted by atomic mass is 9.86. The topological polar surface area (TPSA) is 108 Å². The molecular weight excluding hydrogens is 312 g/mol. The van der Waals surface area contributed by atoms with E-state index in [9.17, 15) is 18.5 Å². The van der Waals surface area contributed by atoms with Crippen molar-refractivity contribution in [3.8, 4) is 0 Å². The fraction of sp³-hybridized carbons (Fsp3) is 0.538. The molecule has 9 heteroatoms. The molecule has 1 fully saturated rings. The molecule has 8 nitrogen and oxygen atoms in total. The third kappa shape index (κ3) is 3.43. The molecule has 0 heterocycles. The van der Waals surface area contributed by atoms with Gasteiger partial charge >= 0.3 is 0 Å². The first-order valence-corrected chi connectivity index (χ1v) is 8.28. The van der Waals surface area contributed by atoms with Gasteiger partial charge in [-0.25, -0.2) is 13.1 Å². The third-order valence-electron chi connectivity index (χ3n) is 3.57. The molecule has 0 aromatic heterocycles. The Bertz CT molecular complexity index is 630. The summed E-state index contributed by atoms with van der Waals surface area (Å²) in [5, 5.41) is 10.6. The van der Waals surface area contributed by atoms with Crippen LogP contribution in [0.25, 0.3) is 0 Å². The average molecular weight is 330 g/mol. The molecule has 1 aromatic rings. The Morgan fingerprint density at radius 3 is 2.50 bits per heavy atom. The van der Waals surface area contributed by atoms with Gasteiger partial charge in [0.2, 0.25) is 10.0 Å². The van der Waals surface area contributed by atoms with Gasteiger partial charge in [0.15, 0.2) is 0 Å². The SMILES string of the molecule is CCO[C@@H]1C[C@H](NS(=O)(=O)c2ccc([N+](=O)[O-])cc2)[C@H]1OC. The number of non-ortho nitro benzene ring substituents is 1. The number of nitro groups is 1. The zero-order chi connectivity index (χ0) is 16.3. The number of nitrogens with zero attached hydrogens (tertiary/aromatic N) is 1. The van der Waals surface area contributed by atoms with E-state index in [0.29, 0.717) is 13.0 Å². The molecule has 0 radical (unpaired) electrons. The predicted octanol–water partition coefficient (Wildman–Crippen LogP) is 1.07. The van der Waals surface area contributed by atoms with Crippen LogP contribution in [0.3, 0.4) is 0 Å². The summed E-state index contributed by atoms with van der Waals surface area (Å²) < 4.78 is 37.8. The molecule has 1 aliphatic rings. The van der Waals surface area contributed by atoms with E-state index in [1.165, 1.54) is 19.2 Å². The van der Waals surface area contributed by atoms with E-state index in [2.05, 4.69) is 4.72 Å². The summed E-state index contributed by atoms with van der Waals surface area (Å²) >= 11 is 0. The number of sulfonamides is 1. The molecule has 0 saturated heterocycles. The standard InChI is InChI=1S/C13H18N2O6S/c1-3-21-12-8-11(13(12)20-2)14-22(18,19)10-6-4-9(5-7-10)15(16)17/h4-7,11-14H,3,8H2,1-2H3/t11-,12+,13+/m0/s1. The number of methoxy groups -OCH3 is 1. The van der Waals surface area contributed by atoms with E-state index in [1.54, 1.807) is 0 Å². The largest absolute Gasteiger partial charge is 0.377 e. The van der Waals surface area contributed by atoms with Gasteiger partial charge in [-0.3, -0.25) is 10.1 Å². The maximum Gasteiger partial charge on any atom is 0.269 e. The van der Waals surface area contributed by atoms with Crippen LogP contribution in [0.15, 0.2) is 29.2 Å². The molecule has 122 valence electrons. The maximum absolute atomic E-state index is 12.3. The average Bonchev–Trinajstić information content (AvgIpc) is 2.46. The molecule has 0 aliphatic heterocycles. The van der Waals surface area contributed by atoms with E-state index in [-0.39, 0.29) is 28.8 Å². The molecular formula is C13H18N2O6S. The van der Waals surface area contributed by atoms with Gasteiger partial charge in [0.1, 0.15) is 0 Å². The van der Waals surface area contributed by atoms with Crippen molar-refractivity contribution in [3.05, 3.63) is 34.4 Å². The monoisotopic (exact) mass is 330 g/mol. The van der Waals surface area contributed by atoms with Gasteiger partial charge in [-0.2, -0.15) is 0 Å². The number of hydrogen-bond acceptors (Lipinski definition) is 6. The van der Waals surface area contributed by atoms with E-state index in [1.807, 2.05) is 6.92 Å². The second kappa shape index (κ2) is 6.69. The molecule has 0 spiro atoms. The highest BCUT2D eigenvalue weighted by molar-refractivity contribution is 7.89. The number of benzene rings is 1. The van der Waals surface area contributed by atoms with Crippen LogP contribution in [0.2, 0.25) is 0 Å². The van der Waals surface area contributed by atoms with Crippen molar-refractivity contribution in [2.75, 3.05) is 13.7 Å². The van der Waals surface area contributed by atoms with Crippen molar-refractivity contribution < 1.29 is 22.8 Å². The van der Waals surface area contributed by atoms with Crippen molar-refractivity contribution in [1.82, 2.24) is 4.72 Å². The zero-order valence-electron chi connectivity index (χ0n) is 12.3. The van der Waals surface area contributed by atoms with E-state index in [4.69, 9.17) is 9.47 Å². The number of nitro benzene ring substituents is 1. The number of nitrogens with one attached hydrogen (secondary N) is 1. The molecule has 1 saturated carbocycles. The summed E-state index contributed by atoms with van der Waals surface area (Å²) in [7, 11) is -2.25. The van der Waals surface area contributed by atoms with Gasteiger partial charge in [0.25, 0.3) is 5.69 Å². The minimum absolute atomic E-state index is 0.0205. The fourth-order valence-electron chi connectivity index (χ4n) is 2.40. The van der Waals surface area contributed by atoms with Crippen molar-refractivity contribution >= 4 is 15.7 Å². The molecule has 1 N–H and O–H groups in total. The smallest absolute Gasteiger partial charge is 0.269 e. The molecule has 0 unspecified atom stereocenters. The molecule has 22 heavy (non-hydrogen) atoms. The fourth-order valence-corrected chi connectivity index (χ4v) is 3.66. The molecule has 0 bridgehead atoms. The summed E-state index contributed by atoms with van der Waals surface area (Å²) in [5.74, 6) is 0. The first kappa shape index (κ1) is 16.8. The van der Waals surface area contributed by atoms with Crippen LogP contribution in [0.1, 0.15) is 13.3 Å². The van der Waals surface area contributed by atoms with Crippen molar-refractivity contribution in [2.45, 2.75) is 36.5 Å². The van der Waals surface area contributed by atoms with Crippen LogP contribution < -0.4 is 4.72 Å². The Morgan fingerprint density at radius 2 is 2.00 bits per heavy atom. The van der Waals surface area contributed by atoms with Gasteiger partial charge in [-0.15, -0.1) is 0 Å². The Hall–Kier alpha value is -1.55. The number of ether oxygens (including phenoxy) is 2. The first-order chi connectivity index (χ1) is 10.4. The summed E-state index contributed by atoms with van der Waals surface area (Å²) in [6.45, 7) is 2.40. The minimum Gasteiger partial charge on any atom is -0.377 e. The second-order valence-corrected chi connectivity index (χ2v) is 6.62. The van der Waals surface area contributed by atoms with Gasteiger partial charge in [-0.05, 0) is 25.5 Å². The van der Waals surface area contributed by atoms with Crippen molar-refractivity contribution in [1.29, 1.82) is 0 Å². The van der Waals surface area contributed by atoms with Crippen LogP contribution in [0.5, 0.6) is 0 Å². The lowest BCUT2D eigenvalue weighted by Crippen LogP contribution is -2.60. The molecule has 3 atom stereocenters. The van der Waals surface area contributed by atoms with E-state index in [0.717, 1.165) is 12.1 Å². The Labute approximate surface area is 128 Å². The summed E-state index contributed by atoms with van der Waals surface area (Å²) in [5.41, 5.74) is -0.159. The molecule has 1 aromatic carbocycles. The lowest BCUT2D eigenvalue weighted by Gasteiger charge is -2.42. The highest BCUT2D eigenvalue weighted by Gasteiger charge is 2.44. The quantitative estimate of drug-likeness (QED) is 0.592. The van der Waals surface area contributed by atoms with Crippen LogP contribution in [-0.2, 0) is 19.5 Å². The summed E-state index contributed by atoms with van der Waals surface area (Å²) in [6.07, 6.45) is 0.0609. The van der Waals surface area contributed by atoms with Gasteiger partial charge in [-0.1, -0.05) is 0 Å². The van der Waals surface area contributed by atoms with Crippen LogP contribution in [-0.4, -0.2) is 45.3 Å². The highest BCUT2D eigenvalue weighted by Crippen LogP contribution is 2.28. The number of hydrogen-bond donors (Lipinski definition) is 1. The van der Waals surface area contributed by atoms with Crippen molar-refractivity contribution in [2.24, 2.45) is 0 Å².